The first-order valence-corrected chi connectivity index (χ1v) is 5.32. The third kappa shape index (κ3) is 2.67. The molecule has 0 aliphatic rings. The van der Waals surface area contributed by atoms with E-state index >= 15 is 0 Å². The SMILES string of the molecule is Nc1ccc(NC(=O)Nc2nncs2)cc1. The third-order valence-corrected chi connectivity index (χ3v) is 2.36. The fourth-order valence-electron chi connectivity index (χ4n) is 1.05. The van der Waals surface area contributed by atoms with E-state index in [1.807, 2.05) is 0 Å². The topological polar surface area (TPSA) is 92.9 Å². The fraction of sp³-hybridized carbons (Fsp3) is 0. The van der Waals surface area contributed by atoms with Crippen LogP contribution in [-0.4, -0.2) is 16.2 Å². The molecule has 0 radical (unpaired) electrons. The van der Waals surface area contributed by atoms with E-state index in [-0.39, 0.29) is 6.03 Å². The maximum atomic E-state index is 11.5. The minimum atomic E-state index is -0.360. The molecule has 0 saturated heterocycles. The monoisotopic (exact) mass is 235 g/mol. The Kier molecular flexibility index (Phi) is 2.97. The zero-order chi connectivity index (χ0) is 11.4. The number of benzene rings is 1. The lowest BCUT2D eigenvalue weighted by molar-refractivity contribution is 0.262. The van der Waals surface area contributed by atoms with Gasteiger partial charge in [-0.2, -0.15) is 0 Å². The molecule has 0 saturated carbocycles. The number of nitrogens with zero attached hydrogens (tertiary/aromatic N) is 2. The maximum Gasteiger partial charge on any atom is 0.325 e. The number of urea groups is 1. The van der Waals surface area contributed by atoms with Crippen LogP contribution in [0.4, 0.5) is 21.3 Å². The molecule has 7 heteroatoms. The summed E-state index contributed by atoms with van der Waals surface area (Å²) in [7, 11) is 0. The molecule has 16 heavy (non-hydrogen) atoms. The Hall–Kier alpha value is -2.15. The van der Waals surface area contributed by atoms with E-state index in [0.29, 0.717) is 16.5 Å². The molecule has 0 unspecified atom stereocenters. The molecular weight excluding hydrogens is 226 g/mol. The van der Waals surface area contributed by atoms with Crippen LogP contribution in [0.2, 0.25) is 0 Å². The second-order valence-corrected chi connectivity index (χ2v) is 3.78. The van der Waals surface area contributed by atoms with Crippen molar-refractivity contribution in [1.82, 2.24) is 10.2 Å². The van der Waals surface area contributed by atoms with E-state index in [0.717, 1.165) is 0 Å². The average Bonchev–Trinajstić information content (AvgIpc) is 2.74. The molecule has 1 aromatic heterocycles. The molecule has 1 heterocycles. The van der Waals surface area contributed by atoms with Crippen LogP contribution in [0.15, 0.2) is 29.8 Å². The second kappa shape index (κ2) is 4.58. The molecule has 0 spiro atoms. The first-order valence-electron chi connectivity index (χ1n) is 4.44. The van der Waals surface area contributed by atoms with Crippen LogP contribution in [0.5, 0.6) is 0 Å². The van der Waals surface area contributed by atoms with Gasteiger partial charge in [0.15, 0.2) is 0 Å². The molecule has 0 fully saturated rings. The van der Waals surface area contributed by atoms with Crippen LogP contribution >= 0.6 is 11.3 Å². The average molecular weight is 235 g/mol. The van der Waals surface area contributed by atoms with Gasteiger partial charge in [0.05, 0.1) is 0 Å². The highest BCUT2D eigenvalue weighted by Gasteiger charge is 2.04. The Labute approximate surface area is 95.5 Å². The highest BCUT2D eigenvalue weighted by molar-refractivity contribution is 7.13. The number of anilines is 3. The predicted octanol–water partition coefficient (Wildman–Crippen LogP) is 1.76. The van der Waals surface area contributed by atoms with Crippen LogP contribution in [0.1, 0.15) is 0 Å². The fourth-order valence-corrected chi connectivity index (χ4v) is 1.49. The molecule has 6 nitrogen and oxygen atoms in total. The summed E-state index contributed by atoms with van der Waals surface area (Å²) in [4.78, 5) is 11.5. The number of carbonyl (C=O) groups is 1. The maximum absolute atomic E-state index is 11.5. The normalized spacial score (nSPS) is 9.75. The lowest BCUT2D eigenvalue weighted by Gasteiger charge is -2.04. The van der Waals surface area contributed by atoms with E-state index in [9.17, 15) is 4.79 Å². The van der Waals surface area contributed by atoms with Crippen molar-refractivity contribution in [2.24, 2.45) is 0 Å². The van der Waals surface area contributed by atoms with Crippen LogP contribution in [0, 0.1) is 0 Å². The molecule has 0 bridgehead atoms. The van der Waals surface area contributed by atoms with Crippen molar-refractivity contribution in [2.45, 2.75) is 0 Å². The van der Waals surface area contributed by atoms with Crippen LogP contribution in [0.25, 0.3) is 0 Å². The molecule has 0 aliphatic carbocycles. The van der Waals surface area contributed by atoms with Crippen LogP contribution < -0.4 is 16.4 Å². The van der Waals surface area contributed by atoms with Gasteiger partial charge in [0, 0.05) is 11.4 Å². The molecule has 1 aromatic carbocycles. The first kappa shape index (κ1) is 10.4. The Morgan fingerprint density at radius 2 is 2.00 bits per heavy atom. The Bertz CT molecular complexity index is 467. The van der Waals surface area contributed by atoms with Gasteiger partial charge in [0.2, 0.25) is 5.13 Å². The molecular formula is C9H9N5OS. The number of carbonyl (C=O) groups excluding carboxylic acids is 1. The number of amides is 2. The molecule has 2 rings (SSSR count). The number of hydrogen-bond acceptors (Lipinski definition) is 5. The van der Waals surface area contributed by atoms with Gasteiger partial charge in [-0.3, -0.25) is 5.32 Å². The number of hydrogen-bond donors (Lipinski definition) is 3. The molecule has 82 valence electrons. The van der Waals surface area contributed by atoms with E-state index in [2.05, 4.69) is 20.8 Å². The Balaban J connectivity index is 1.95. The van der Waals surface area contributed by atoms with Crippen molar-refractivity contribution in [3.05, 3.63) is 29.8 Å². The molecule has 0 atom stereocenters. The van der Waals surface area contributed by atoms with Crippen molar-refractivity contribution >= 4 is 33.9 Å². The number of nitrogens with two attached hydrogens (primary N) is 1. The largest absolute Gasteiger partial charge is 0.399 e. The summed E-state index contributed by atoms with van der Waals surface area (Å²) in [6.07, 6.45) is 0. The molecule has 2 amide bonds. The smallest absolute Gasteiger partial charge is 0.325 e. The summed E-state index contributed by atoms with van der Waals surface area (Å²) in [5.41, 5.74) is 8.37. The van der Waals surface area contributed by atoms with Gasteiger partial charge in [-0.15, -0.1) is 10.2 Å². The quantitative estimate of drug-likeness (QED) is 0.691. The van der Waals surface area contributed by atoms with E-state index in [1.54, 1.807) is 29.8 Å². The van der Waals surface area contributed by atoms with Gasteiger partial charge in [-0.05, 0) is 24.3 Å². The number of nitrogens with one attached hydrogen (secondary N) is 2. The molecule has 2 aromatic rings. The summed E-state index contributed by atoms with van der Waals surface area (Å²) in [5.74, 6) is 0. The highest BCUT2D eigenvalue weighted by Crippen LogP contribution is 2.12. The third-order valence-electron chi connectivity index (χ3n) is 1.75. The van der Waals surface area contributed by atoms with Gasteiger partial charge in [0.1, 0.15) is 5.51 Å². The van der Waals surface area contributed by atoms with E-state index in [1.165, 1.54) is 11.3 Å². The van der Waals surface area contributed by atoms with Crippen molar-refractivity contribution < 1.29 is 4.79 Å². The summed E-state index contributed by atoms with van der Waals surface area (Å²) < 4.78 is 0. The predicted molar refractivity (Wildman–Crippen MR) is 63.4 cm³/mol. The summed E-state index contributed by atoms with van der Waals surface area (Å²) in [6, 6.07) is 6.49. The van der Waals surface area contributed by atoms with Gasteiger partial charge in [-0.25, -0.2) is 4.79 Å². The first-order chi connectivity index (χ1) is 7.74. The van der Waals surface area contributed by atoms with E-state index in [4.69, 9.17) is 5.73 Å². The number of aromatic nitrogens is 2. The number of rotatable bonds is 2. The number of nitrogen functional groups attached to an aromatic ring is 1. The van der Waals surface area contributed by atoms with Crippen molar-refractivity contribution in [3.63, 3.8) is 0 Å². The minimum Gasteiger partial charge on any atom is -0.399 e. The van der Waals surface area contributed by atoms with Crippen LogP contribution in [-0.2, 0) is 0 Å². The lowest BCUT2D eigenvalue weighted by atomic mass is 10.3. The summed E-state index contributed by atoms with van der Waals surface area (Å²) >= 11 is 1.25. The molecule has 4 N–H and O–H groups in total. The minimum absolute atomic E-state index is 0.360. The molecule has 0 aliphatic heterocycles. The second-order valence-electron chi connectivity index (χ2n) is 2.95. The van der Waals surface area contributed by atoms with E-state index < -0.39 is 0 Å². The van der Waals surface area contributed by atoms with Crippen LogP contribution in [0.3, 0.4) is 0 Å². The van der Waals surface area contributed by atoms with Gasteiger partial charge in [0.25, 0.3) is 0 Å². The highest BCUT2D eigenvalue weighted by atomic mass is 32.1. The van der Waals surface area contributed by atoms with Gasteiger partial charge < -0.3 is 11.1 Å². The Morgan fingerprint density at radius 1 is 1.25 bits per heavy atom. The van der Waals surface area contributed by atoms with Crippen molar-refractivity contribution in [3.8, 4) is 0 Å². The van der Waals surface area contributed by atoms with Crippen molar-refractivity contribution in [1.29, 1.82) is 0 Å². The standard InChI is InChI=1S/C9H9N5OS/c10-6-1-3-7(4-2-6)12-8(15)13-9-14-11-5-16-9/h1-5H,10H2,(H2,12,13,14,15). The Morgan fingerprint density at radius 3 is 2.62 bits per heavy atom. The summed E-state index contributed by atoms with van der Waals surface area (Å²) in [5, 5.41) is 12.9. The van der Waals surface area contributed by atoms with Crippen molar-refractivity contribution in [2.75, 3.05) is 16.4 Å². The lowest BCUT2D eigenvalue weighted by Crippen LogP contribution is -2.19. The zero-order valence-electron chi connectivity index (χ0n) is 8.18. The van der Waals surface area contributed by atoms with Gasteiger partial charge >= 0.3 is 6.03 Å². The van der Waals surface area contributed by atoms with Gasteiger partial charge in [-0.1, -0.05) is 11.3 Å². The summed E-state index contributed by atoms with van der Waals surface area (Å²) in [6.45, 7) is 0. The zero-order valence-corrected chi connectivity index (χ0v) is 8.99.